The van der Waals surface area contributed by atoms with Crippen molar-refractivity contribution in [1.82, 2.24) is 14.8 Å². The third-order valence-corrected chi connectivity index (χ3v) is 9.34. The minimum Gasteiger partial charge on any atom is -0.338 e. The van der Waals surface area contributed by atoms with Crippen molar-refractivity contribution in [2.75, 3.05) is 5.32 Å². The van der Waals surface area contributed by atoms with E-state index >= 15 is 0 Å². The number of pyridine rings is 1. The van der Waals surface area contributed by atoms with E-state index in [1.165, 1.54) is 0 Å². The van der Waals surface area contributed by atoms with E-state index in [1.807, 2.05) is 16.8 Å². The van der Waals surface area contributed by atoms with Gasteiger partial charge in [-0.25, -0.2) is 15.0 Å². The molecule has 1 fully saturated rings. The van der Waals surface area contributed by atoms with Gasteiger partial charge in [0.15, 0.2) is 15.7 Å². The fourth-order valence-corrected chi connectivity index (χ4v) is 6.68. The highest BCUT2D eigenvalue weighted by Crippen LogP contribution is 2.40. The van der Waals surface area contributed by atoms with E-state index in [-0.39, 0.29) is 17.6 Å². The lowest BCUT2D eigenvalue weighted by Crippen LogP contribution is -2.27. The molecule has 2 N–H and O–H groups in total. The average molecular weight is 452 g/mol. The standard InChI is InChI=1S/C23H25N5O3S/c1-23(2)13-14-12-15(8-9-19(14)32(23,30)31)26-21-20-18(10-11-25-22(20)29)28(27-21)17-7-5-4-6-16(17)24-3/h8-12,16-17H,4-7,13H2,1-2H3,(H,25,29)(H,26,27)/t16-,17-/m0/s1. The lowest BCUT2D eigenvalue weighted by molar-refractivity contribution is 0.321. The molecule has 2 aliphatic rings. The van der Waals surface area contributed by atoms with Crippen LogP contribution in [0.3, 0.4) is 0 Å². The molecule has 5 rings (SSSR count). The third kappa shape index (κ3) is 3.05. The van der Waals surface area contributed by atoms with Gasteiger partial charge in [0.25, 0.3) is 5.56 Å². The first-order chi connectivity index (χ1) is 15.2. The fourth-order valence-electron chi connectivity index (χ4n) is 5.01. The molecule has 0 spiro atoms. The van der Waals surface area contributed by atoms with Crippen LogP contribution in [0.5, 0.6) is 0 Å². The molecule has 0 bridgehead atoms. The Morgan fingerprint density at radius 3 is 2.81 bits per heavy atom. The predicted molar refractivity (Wildman–Crippen MR) is 123 cm³/mol. The van der Waals surface area contributed by atoms with Crippen molar-refractivity contribution in [2.24, 2.45) is 0 Å². The van der Waals surface area contributed by atoms with Crippen molar-refractivity contribution in [3.8, 4) is 0 Å². The summed E-state index contributed by atoms with van der Waals surface area (Å²) in [6, 6.07) is 6.75. The minimum atomic E-state index is -3.37. The van der Waals surface area contributed by atoms with E-state index in [4.69, 9.17) is 11.7 Å². The number of anilines is 2. The van der Waals surface area contributed by atoms with Gasteiger partial charge >= 0.3 is 0 Å². The summed E-state index contributed by atoms with van der Waals surface area (Å²) in [4.78, 5) is 19.6. The molecule has 166 valence electrons. The van der Waals surface area contributed by atoms with Crippen LogP contribution >= 0.6 is 0 Å². The third-order valence-electron chi connectivity index (χ3n) is 6.76. The summed E-state index contributed by atoms with van der Waals surface area (Å²) < 4.78 is 26.4. The Morgan fingerprint density at radius 2 is 2.03 bits per heavy atom. The lowest BCUT2D eigenvalue weighted by atomic mass is 9.91. The van der Waals surface area contributed by atoms with Gasteiger partial charge in [-0.05, 0) is 62.9 Å². The summed E-state index contributed by atoms with van der Waals surface area (Å²) in [5.41, 5.74) is 1.88. The van der Waals surface area contributed by atoms with Gasteiger partial charge in [-0.3, -0.25) is 9.48 Å². The first-order valence-corrected chi connectivity index (χ1v) is 12.3. The molecular formula is C23H25N5O3S. The molecule has 9 heteroatoms. The summed E-state index contributed by atoms with van der Waals surface area (Å²) in [6.07, 6.45) is 5.77. The summed E-state index contributed by atoms with van der Waals surface area (Å²) >= 11 is 0. The molecule has 0 saturated heterocycles. The van der Waals surface area contributed by atoms with Crippen LogP contribution in [-0.2, 0) is 16.3 Å². The van der Waals surface area contributed by atoms with E-state index in [9.17, 15) is 13.2 Å². The number of nitrogens with one attached hydrogen (secondary N) is 2. The summed E-state index contributed by atoms with van der Waals surface area (Å²) in [5.74, 6) is 0.413. The molecule has 8 nitrogen and oxygen atoms in total. The molecule has 0 unspecified atom stereocenters. The maximum absolute atomic E-state index is 12.7. The molecule has 1 aliphatic heterocycles. The normalized spacial score (nSPS) is 23.5. The van der Waals surface area contributed by atoms with Crippen molar-refractivity contribution < 1.29 is 8.42 Å². The van der Waals surface area contributed by atoms with Crippen LogP contribution in [0.25, 0.3) is 15.7 Å². The van der Waals surface area contributed by atoms with Crippen molar-refractivity contribution >= 4 is 32.2 Å². The Kier molecular flexibility index (Phi) is 4.67. The van der Waals surface area contributed by atoms with Crippen molar-refractivity contribution in [2.45, 2.75) is 67.7 Å². The molecule has 2 aromatic heterocycles. The van der Waals surface area contributed by atoms with Gasteiger partial charge in [0.2, 0.25) is 6.04 Å². The predicted octanol–water partition coefficient (Wildman–Crippen LogP) is 3.98. The first kappa shape index (κ1) is 20.8. The molecule has 2 atom stereocenters. The van der Waals surface area contributed by atoms with Crippen LogP contribution in [0.2, 0.25) is 0 Å². The molecule has 3 aromatic rings. The van der Waals surface area contributed by atoms with E-state index in [1.54, 1.807) is 32.2 Å². The topological polar surface area (TPSA) is 101 Å². The zero-order valence-electron chi connectivity index (χ0n) is 18.1. The molecule has 32 heavy (non-hydrogen) atoms. The van der Waals surface area contributed by atoms with Gasteiger partial charge < -0.3 is 15.1 Å². The Bertz CT molecular complexity index is 1430. The van der Waals surface area contributed by atoms with E-state index < -0.39 is 14.6 Å². The number of H-pyrrole nitrogens is 1. The number of rotatable bonds is 3. The summed E-state index contributed by atoms with van der Waals surface area (Å²) in [7, 11) is -3.37. The molecule has 1 aliphatic carbocycles. The second kappa shape index (κ2) is 7.20. The molecule has 0 radical (unpaired) electrons. The van der Waals surface area contributed by atoms with Crippen molar-refractivity contribution in [1.29, 1.82) is 0 Å². The zero-order valence-corrected chi connectivity index (χ0v) is 18.9. The van der Waals surface area contributed by atoms with E-state index in [0.717, 1.165) is 31.2 Å². The second-order valence-electron chi connectivity index (χ2n) is 9.30. The van der Waals surface area contributed by atoms with Gasteiger partial charge in [0, 0.05) is 18.3 Å². The fraction of sp³-hybridized carbons (Fsp3) is 0.435. The van der Waals surface area contributed by atoms with Crippen LogP contribution < -0.4 is 10.9 Å². The maximum Gasteiger partial charge on any atom is 0.261 e. The summed E-state index contributed by atoms with van der Waals surface area (Å²) in [6.45, 7) is 11.1. The minimum absolute atomic E-state index is 0.0768. The van der Waals surface area contributed by atoms with Crippen LogP contribution in [0, 0.1) is 6.57 Å². The van der Waals surface area contributed by atoms with E-state index in [2.05, 4.69) is 15.1 Å². The first-order valence-electron chi connectivity index (χ1n) is 10.8. The number of hydrogen-bond acceptors (Lipinski definition) is 5. The highest BCUT2D eigenvalue weighted by Gasteiger charge is 2.43. The van der Waals surface area contributed by atoms with Gasteiger partial charge in [-0.1, -0.05) is 6.42 Å². The zero-order chi connectivity index (χ0) is 22.7. The Morgan fingerprint density at radius 1 is 1.25 bits per heavy atom. The maximum atomic E-state index is 12.7. The number of sulfone groups is 1. The second-order valence-corrected chi connectivity index (χ2v) is 11.8. The van der Waals surface area contributed by atoms with Crippen LogP contribution in [0.15, 0.2) is 40.2 Å². The van der Waals surface area contributed by atoms with Crippen LogP contribution in [0.1, 0.15) is 51.1 Å². The molecule has 1 saturated carbocycles. The lowest BCUT2D eigenvalue weighted by Gasteiger charge is -2.24. The highest BCUT2D eigenvalue weighted by atomic mass is 32.2. The van der Waals surface area contributed by atoms with Gasteiger partial charge in [0.05, 0.1) is 15.2 Å². The Hall–Kier alpha value is -3.12. The Balaban J connectivity index is 1.58. The SMILES string of the molecule is [C-]#[N+][C@H]1CCCC[C@@H]1n1nc(Nc2ccc3c(c2)CC(C)(C)S3(=O)=O)c2c(=O)[nH]ccc21. The number of hydrogen-bond donors (Lipinski definition) is 2. The highest BCUT2D eigenvalue weighted by molar-refractivity contribution is 7.93. The molecule has 0 amide bonds. The number of nitrogens with zero attached hydrogens (tertiary/aromatic N) is 3. The quantitative estimate of drug-likeness (QED) is 0.587. The number of benzene rings is 1. The van der Waals surface area contributed by atoms with Gasteiger partial charge in [-0.15, -0.1) is 0 Å². The molecule has 3 heterocycles. The van der Waals surface area contributed by atoms with Crippen molar-refractivity contribution in [3.05, 3.63) is 57.8 Å². The van der Waals surface area contributed by atoms with E-state index in [0.29, 0.717) is 33.7 Å². The molecular weight excluding hydrogens is 426 g/mol. The largest absolute Gasteiger partial charge is 0.338 e. The van der Waals surface area contributed by atoms with Gasteiger partial charge in [-0.2, -0.15) is 5.10 Å². The number of aromatic amines is 1. The number of fused-ring (bicyclic) bond motifs is 2. The smallest absolute Gasteiger partial charge is 0.261 e. The van der Waals surface area contributed by atoms with Gasteiger partial charge in [0.1, 0.15) is 11.4 Å². The van der Waals surface area contributed by atoms with Crippen molar-refractivity contribution in [3.63, 3.8) is 0 Å². The summed E-state index contributed by atoms with van der Waals surface area (Å²) in [5, 5.41) is 8.42. The van der Waals surface area contributed by atoms with Crippen LogP contribution in [0.4, 0.5) is 11.5 Å². The average Bonchev–Trinajstić information content (AvgIpc) is 3.20. The van der Waals surface area contributed by atoms with Crippen LogP contribution in [-0.4, -0.2) is 34.0 Å². The Labute approximate surface area is 186 Å². The monoisotopic (exact) mass is 451 g/mol. The number of aromatic nitrogens is 3. The molecule has 1 aromatic carbocycles.